The van der Waals surface area contributed by atoms with Crippen LogP contribution in [0.25, 0.3) is 0 Å². The van der Waals surface area contributed by atoms with Crippen molar-refractivity contribution in [1.82, 2.24) is 5.43 Å². The molecular formula is C14H14F2N2. The predicted octanol–water partition coefficient (Wildman–Crippen LogP) is 2.71. The van der Waals surface area contributed by atoms with Gasteiger partial charge in [0.25, 0.3) is 0 Å². The predicted molar refractivity (Wildman–Crippen MR) is 66.6 cm³/mol. The van der Waals surface area contributed by atoms with Gasteiger partial charge in [-0.2, -0.15) is 0 Å². The van der Waals surface area contributed by atoms with Gasteiger partial charge in [-0.1, -0.05) is 36.4 Å². The first kappa shape index (κ1) is 12.7. The van der Waals surface area contributed by atoms with E-state index >= 15 is 0 Å². The Hall–Kier alpha value is -1.78. The SMILES string of the molecule is NNC(Cc1c(F)cccc1F)c1ccccc1. The van der Waals surface area contributed by atoms with Gasteiger partial charge in [0.2, 0.25) is 0 Å². The molecule has 0 amide bonds. The maximum absolute atomic E-state index is 13.6. The van der Waals surface area contributed by atoms with Crippen molar-refractivity contribution in [3.05, 3.63) is 71.3 Å². The van der Waals surface area contributed by atoms with Crippen LogP contribution < -0.4 is 11.3 Å². The molecule has 2 aromatic rings. The minimum Gasteiger partial charge on any atom is -0.271 e. The first-order chi connectivity index (χ1) is 8.72. The Morgan fingerprint density at radius 2 is 1.56 bits per heavy atom. The fraction of sp³-hybridized carbons (Fsp3) is 0.143. The lowest BCUT2D eigenvalue weighted by Crippen LogP contribution is -2.30. The van der Waals surface area contributed by atoms with Crippen LogP contribution in [0.5, 0.6) is 0 Å². The molecule has 18 heavy (non-hydrogen) atoms. The summed E-state index contributed by atoms with van der Waals surface area (Å²) in [7, 11) is 0. The molecule has 2 rings (SSSR count). The van der Waals surface area contributed by atoms with E-state index in [2.05, 4.69) is 5.43 Å². The van der Waals surface area contributed by atoms with Crippen molar-refractivity contribution in [2.45, 2.75) is 12.5 Å². The molecule has 3 N–H and O–H groups in total. The summed E-state index contributed by atoms with van der Waals surface area (Å²) in [4.78, 5) is 0. The van der Waals surface area contributed by atoms with Crippen molar-refractivity contribution < 1.29 is 8.78 Å². The van der Waals surface area contributed by atoms with Gasteiger partial charge in [-0.15, -0.1) is 0 Å². The largest absolute Gasteiger partial charge is 0.271 e. The van der Waals surface area contributed by atoms with Gasteiger partial charge in [0.15, 0.2) is 0 Å². The number of hydrazine groups is 1. The summed E-state index contributed by atoms with van der Waals surface area (Å²) in [5, 5.41) is 0. The van der Waals surface area contributed by atoms with Crippen LogP contribution in [0.2, 0.25) is 0 Å². The summed E-state index contributed by atoms with van der Waals surface area (Å²) in [6.45, 7) is 0. The van der Waals surface area contributed by atoms with Crippen molar-refractivity contribution in [3.8, 4) is 0 Å². The Morgan fingerprint density at radius 3 is 2.11 bits per heavy atom. The fourth-order valence-electron chi connectivity index (χ4n) is 1.89. The first-order valence-corrected chi connectivity index (χ1v) is 5.66. The minimum absolute atomic E-state index is 0.0457. The second kappa shape index (κ2) is 5.71. The molecule has 0 saturated carbocycles. The molecular weight excluding hydrogens is 234 g/mol. The van der Waals surface area contributed by atoms with Crippen LogP contribution in [0.15, 0.2) is 48.5 Å². The zero-order valence-electron chi connectivity index (χ0n) is 9.74. The topological polar surface area (TPSA) is 38.0 Å². The second-order valence-electron chi connectivity index (χ2n) is 4.03. The van der Waals surface area contributed by atoms with Gasteiger partial charge < -0.3 is 0 Å². The second-order valence-corrected chi connectivity index (χ2v) is 4.03. The molecule has 0 fully saturated rings. The Bertz CT molecular complexity index is 494. The van der Waals surface area contributed by atoms with Crippen LogP contribution in [-0.2, 0) is 6.42 Å². The molecule has 1 unspecified atom stereocenters. The normalized spacial score (nSPS) is 12.4. The summed E-state index contributed by atoms with van der Waals surface area (Å²) >= 11 is 0. The molecule has 0 aliphatic rings. The van der Waals surface area contributed by atoms with E-state index in [0.29, 0.717) is 0 Å². The van der Waals surface area contributed by atoms with Gasteiger partial charge in [0, 0.05) is 5.56 Å². The zero-order valence-corrected chi connectivity index (χ0v) is 9.74. The van der Waals surface area contributed by atoms with E-state index in [1.165, 1.54) is 18.2 Å². The van der Waals surface area contributed by atoms with E-state index in [0.717, 1.165) is 5.56 Å². The molecule has 0 heterocycles. The van der Waals surface area contributed by atoms with E-state index < -0.39 is 11.6 Å². The average Bonchev–Trinajstić information content (AvgIpc) is 2.40. The van der Waals surface area contributed by atoms with Gasteiger partial charge >= 0.3 is 0 Å². The summed E-state index contributed by atoms with van der Waals surface area (Å²) in [5.41, 5.74) is 3.52. The van der Waals surface area contributed by atoms with Crippen molar-refractivity contribution in [1.29, 1.82) is 0 Å². The summed E-state index contributed by atoms with van der Waals surface area (Å²) in [6.07, 6.45) is 0.166. The molecule has 0 radical (unpaired) electrons. The maximum Gasteiger partial charge on any atom is 0.129 e. The summed E-state index contributed by atoms with van der Waals surface area (Å²) in [5.74, 6) is 4.36. The number of rotatable bonds is 4. The highest BCUT2D eigenvalue weighted by Crippen LogP contribution is 2.21. The maximum atomic E-state index is 13.6. The van der Waals surface area contributed by atoms with E-state index in [1.807, 2.05) is 30.3 Å². The highest BCUT2D eigenvalue weighted by atomic mass is 19.1. The molecule has 94 valence electrons. The van der Waals surface area contributed by atoms with Crippen LogP contribution in [0.4, 0.5) is 8.78 Å². The monoisotopic (exact) mass is 248 g/mol. The molecule has 2 nitrogen and oxygen atoms in total. The van der Waals surface area contributed by atoms with E-state index in [9.17, 15) is 8.78 Å². The van der Waals surface area contributed by atoms with Crippen molar-refractivity contribution >= 4 is 0 Å². The van der Waals surface area contributed by atoms with Crippen LogP contribution in [-0.4, -0.2) is 0 Å². The third kappa shape index (κ3) is 2.72. The number of nitrogens with two attached hydrogens (primary N) is 1. The standard InChI is InChI=1S/C14H14F2N2/c15-12-7-4-8-13(16)11(12)9-14(18-17)10-5-2-1-3-6-10/h1-8,14,18H,9,17H2. The Balaban J connectivity index is 2.26. The molecule has 0 aliphatic heterocycles. The van der Waals surface area contributed by atoms with Gasteiger partial charge in [0.05, 0.1) is 6.04 Å². The number of hydrogen-bond acceptors (Lipinski definition) is 2. The highest BCUT2D eigenvalue weighted by Gasteiger charge is 2.16. The number of hydrogen-bond donors (Lipinski definition) is 2. The van der Waals surface area contributed by atoms with Crippen molar-refractivity contribution in [2.75, 3.05) is 0 Å². The molecule has 0 spiro atoms. The van der Waals surface area contributed by atoms with Crippen LogP contribution in [0.1, 0.15) is 17.2 Å². The first-order valence-electron chi connectivity index (χ1n) is 5.66. The van der Waals surface area contributed by atoms with Crippen molar-refractivity contribution in [3.63, 3.8) is 0 Å². The highest BCUT2D eigenvalue weighted by molar-refractivity contribution is 5.25. The zero-order chi connectivity index (χ0) is 13.0. The number of benzene rings is 2. The smallest absolute Gasteiger partial charge is 0.129 e. The lowest BCUT2D eigenvalue weighted by atomic mass is 9.99. The Kier molecular flexibility index (Phi) is 4.02. The summed E-state index contributed by atoms with van der Waals surface area (Å²) in [6, 6.07) is 12.8. The Labute approximate surface area is 104 Å². The lowest BCUT2D eigenvalue weighted by molar-refractivity contribution is 0.500. The number of halogens is 2. The number of nitrogens with one attached hydrogen (secondary N) is 1. The molecule has 4 heteroatoms. The van der Waals surface area contributed by atoms with E-state index in [-0.39, 0.29) is 18.0 Å². The van der Waals surface area contributed by atoms with E-state index in [1.54, 1.807) is 0 Å². The Morgan fingerprint density at radius 1 is 0.944 bits per heavy atom. The summed E-state index contributed by atoms with van der Waals surface area (Å²) < 4.78 is 27.1. The lowest BCUT2D eigenvalue weighted by Gasteiger charge is -2.17. The molecule has 1 atom stereocenters. The van der Waals surface area contributed by atoms with Gasteiger partial charge in [0.1, 0.15) is 11.6 Å². The van der Waals surface area contributed by atoms with Crippen LogP contribution in [0.3, 0.4) is 0 Å². The molecule has 2 aromatic carbocycles. The fourth-order valence-corrected chi connectivity index (χ4v) is 1.89. The van der Waals surface area contributed by atoms with Gasteiger partial charge in [-0.05, 0) is 24.1 Å². The van der Waals surface area contributed by atoms with E-state index in [4.69, 9.17) is 5.84 Å². The average molecular weight is 248 g/mol. The van der Waals surface area contributed by atoms with Crippen molar-refractivity contribution in [2.24, 2.45) is 5.84 Å². The third-order valence-electron chi connectivity index (χ3n) is 2.87. The molecule has 0 saturated heterocycles. The van der Waals surface area contributed by atoms with Crippen LogP contribution in [0, 0.1) is 11.6 Å². The minimum atomic E-state index is -0.550. The third-order valence-corrected chi connectivity index (χ3v) is 2.87. The molecule has 0 bridgehead atoms. The van der Waals surface area contributed by atoms with Crippen LogP contribution >= 0.6 is 0 Å². The molecule has 0 aliphatic carbocycles. The van der Waals surface area contributed by atoms with Gasteiger partial charge in [-0.25, -0.2) is 8.78 Å². The molecule has 0 aromatic heterocycles. The van der Waals surface area contributed by atoms with Gasteiger partial charge in [-0.3, -0.25) is 11.3 Å². The quantitative estimate of drug-likeness (QED) is 0.645.